The van der Waals surface area contributed by atoms with Crippen molar-refractivity contribution in [1.29, 1.82) is 0 Å². The molecular formula is C22H36N2. The van der Waals surface area contributed by atoms with Crippen LogP contribution in [0.1, 0.15) is 89.2 Å². The largest absolute Gasteiger partial charge is 0.382 e. The van der Waals surface area contributed by atoms with Gasteiger partial charge in [0.25, 0.3) is 0 Å². The zero-order valence-electron chi connectivity index (χ0n) is 15.8. The Kier molecular flexibility index (Phi) is 6.45. The highest BCUT2D eigenvalue weighted by Crippen LogP contribution is 2.33. The molecule has 0 atom stereocenters. The van der Waals surface area contributed by atoms with Crippen LogP contribution in [0, 0.1) is 0 Å². The monoisotopic (exact) mass is 328 g/mol. The first-order valence-corrected chi connectivity index (χ1v) is 10.5. The van der Waals surface area contributed by atoms with Crippen LogP contribution in [0.25, 0.3) is 0 Å². The van der Waals surface area contributed by atoms with Crippen LogP contribution in [0.3, 0.4) is 0 Å². The molecule has 0 aliphatic heterocycles. The van der Waals surface area contributed by atoms with Crippen LogP contribution in [0.4, 0.5) is 11.4 Å². The van der Waals surface area contributed by atoms with E-state index in [0.717, 1.165) is 0 Å². The van der Waals surface area contributed by atoms with Crippen molar-refractivity contribution in [2.24, 2.45) is 0 Å². The van der Waals surface area contributed by atoms with Crippen LogP contribution in [-0.2, 0) is 12.8 Å². The summed E-state index contributed by atoms with van der Waals surface area (Å²) in [4.78, 5) is 0. The van der Waals surface area contributed by atoms with Crippen molar-refractivity contribution >= 4 is 11.4 Å². The number of hydrogen-bond donors (Lipinski definition) is 2. The summed E-state index contributed by atoms with van der Waals surface area (Å²) < 4.78 is 0. The molecule has 134 valence electrons. The summed E-state index contributed by atoms with van der Waals surface area (Å²) in [7, 11) is 0. The minimum absolute atomic E-state index is 0.692. The zero-order chi connectivity index (χ0) is 16.8. The third-order valence-electron chi connectivity index (χ3n) is 5.80. The van der Waals surface area contributed by atoms with Crippen molar-refractivity contribution in [3.63, 3.8) is 0 Å². The van der Waals surface area contributed by atoms with Crippen molar-refractivity contribution < 1.29 is 0 Å². The first-order chi connectivity index (χ1) is 11.8. The molecule has 0 aromatic heterocycles. The summed E-state index contributed by atoms with van der Waals surface area (Å²) in [5.41, 5.74) is 5.88. The molecule has 2 aliphatic rings. The lowest BCUT2D eigenvalue weighted by Gasteiger charge is -2.23. The summed E-state index contributed by atoms with van der Waals surface area (Å²) in [6.07, 6.45) is 15.8. The molecule has 2 heteroatoms. The summed E-state index contributed by atoms with van der Waals surface area (Å²) in [5, 5.41) is 7.78. The summed E-state index contributed by atoms with van der Waals surface area (Å²) in [5.74, 6) is 0. The minimum atomic E-state index is 0.692. The Balaban J connectivity index is 1.85. The van der Waals surface area contributed by atoms with Crippen LogP contribution < -0.4 is 10.6 Å². The van der Waals surface area contributed by atoms with Crippen molar-refractivity contribution in [3.8, 4) is 0 Å². The van der Waals surface area contributed by atoms with Gasteiger partial charge in [-0.1, -0.05) is 58.4 Å². The molecule has 0 amide bonds. The molecule has 0 saturated heterocycles. The Morgan fingerprint density at radius 1 is 0.708 bits per heavy atom. The fourth-order valence-electron chi connectivity index (χ4n) is 4.50. The van der Waals surface area contributed by atoms with Gasteiger partial charge in [0.15, 0.2) is 0 Å². The second-order valence-corrected chi connectivity index (χ2v) is 7.92. The molecule has 3 rings (SSSR count). The Labute approximate surface area is 148 Å². The molecule has 2 N–H and O–H groups in total. The van der Waals surface area contributed by atoms with E-state index in [9.17, 15) is 0 Å². The van der Waals surface area contributed by atoms with Gasteiger partial charge in [0.05, 0.1) is 0 Å². The third kappa shape index (κ3) is 4.46. The highest BCUT2D eigenvalue weighted by atomic mass is 15.0. The van der Waals surface area contributed by atoms with Gasteiger partial charge in [0.2, 0.25) is 0 Å². The summed E-state index contributed by atoms with van der Waals surface area (Å²) in [6.45, 7) is 4.59. The molecule has 0 bridgehead atoms. The number of aryl methyl sites for hydroxylation is 2. The highest BCUT2D eigenvalue weighted by Gasteiger charge is 2.19. The maximum absolute atomic E-state index is 3.89. The Morgan fingerprint density at radius 2 is 1.12 bits per heavy atom. The van der Waals surface area contributed by atoms with E-state index in [1.54, 1.807) is 0 Å². The Morgan fingerprint density at radius 3 is 1.50 bits per heavy atom. The van der Waals surface area contributed by atoms with Crippen molar-refractivity contribution in [2.75, 3.05) is 10.6 Å². The van der Waals surface area contributed by atoms with Gasteiger partial charge in [-0.15, -0.1) is 0 Å². The fourth-order valence-corrected chi connectivity index (χ4v) is 4.50. The topological polar surface area (TPSA) is 24.1 Å². The van der Waals surface area contributed by atoms with E-state index in [1.807, 2.05) is 0 Å². The van der Waals surface area contributed by atoms with Gasteiger partial charge in [0, 0.05) is 23.5 Å². The summed E-state index contributed by atoms with van der Waals surface area (Å²) >= 11 is 0. The van der Waals surface area contributed by atoms with Gasteiger partial charge in [-0.3, -0.25) is 0 Å². The second-order valence-electron chi connectivity index (χ2n) is 7.92. The molecule has 1 aromatic carbocycles. The SMILES string of the molecule is CCCc1cc(CCC)c(NC2CCCC2)cc1NC1CCCC1. The van der Waals surface area contributed by atoms with Crippen molar-refractivity contribution in [3.05, 3.63) is 23.3 Å². The molecule has 2 saturated carbocycles. The first-order valence-electron chi connectivity index (χ1n) is 10.5. The lowest BCUT2D eigenvalue weighted by atomic mass is 9.98. The predicted octanol–water partition coefficient (Wildman–Crippen LogP) is 6.30. The van der Waals surface area contributed by atoms with Gasteiger partial charge < -0.3 is 10.6 Å². The highest BCUT2D eigenvalue weighted by molar-refractivity contribution is 5.66. The average Bonchev–Trinajstić information content (AvgIpc) is 3.25. The molecule has 0 heterocycles. The maximum atomic E-state index is 3.89. The lowest BCUT2D eigenvalue weighted by molar-refractivity contribution is 0.746. The van der Waals surface area contributed by atoms with Crippen LogP contribution in [0.15, 0.2) is 12.1 Å². The van der Waals surface area contributed by atoms with E-state index >= 15 is 0 Å². The standard InChI is InChI=1S/C22H36N2/c1-3-9-17-15-18(10-4-2)22(24-20-13-7-8-14-20)16-21(17)23-19-11-5-6-12-19/h15-16,19-20,23-24H,3-14H2,1-2H3. The van der Waals surface area contributed by atoms with Crippen molar-refractivity contribution in [2.45, 2.75) is 103 Å². The van der Waals surface area contributed by atoms with Crippen LogP contribution in [0.5, 0.6) is 0 Å². The van der Waals surface area contributed by atoms with Crippen LogP contribution >= 0.6 is 0 Å². The van der Waals surface area contributed by atoms with E-state index in [0.29, 0.717) is 12.1 Å². The molecule has 2 fully saturated rings. The second kappa shape index (κ2) is 8.78. The van der Waals surface area contributed by atoms with E-state index in [-0.39, 0.29) is 0 Å². The quantitative estimate of drug-likeness (QED) is 0.585. The number of hydrogen-bond acceptors (Lipinski definition) is 2. The summed E-state index contributed by atoms with van der Waals surface area (Å²) in [6, 6.07) is 6.34. The minimum Gasteiger partial charge on any atom is -0.382 e. The maximum Gasteiger partial charge on any atom is 0.0395 e. The van der Waals surface area contributed by atoms with Gasteiger partial charge in [-0.2, -0.15) is 0 Å². The van der Waals surface area contributed by atoms with Crippen LogP contribution in [0.2, 0.25) is 0 Å². The molecule has 0 radical (unpaired) electrons. The molecule has 0 unspecified atom stereocenters. The Hall–Kier alpha value is -1.18. The molecular weight excluding hydrogens is 292 g/mol. The molecule has 2 nitrogen and oxygen atoms in total. The van der Waals surface area contributed by atoms with E-state index in [1.165, 1.54) is 99.6 Å². The predicted molar refractivity (Wildman–Crippen MR) is 106 cm³/mol. The average molecular weight is 329 g/mol. The number of nitrogens with one attached hydrogen (secondary N) is 2. The zero-order valence-corrected chi connectivity index (χ0v) is 15.8. The molecule has 24 heavy (non-hydrogen) atoms. The van der Waals surface area contributed by atoms with E-state index in [4.69, 9.17) is 0 Å². The molecule has 0 spiro atoms. The third-order valence-corrected chi connectivity index (χ3v) is 5.80. The van der Waals surface area contributed by atoms with Gasteiger partial charge >= 0.3 is 0 Å². The molecule has 2 aliphatic carbocycles. The first kappa shape index (κ1) is 17.6. The normalized spacial score (nSPS) is 19.1. The van der Waals surface area contributed by atoms with E-state index in [2.05, 4.69) is 36.6 Å². The van der Waals surface area contributed by atoms with Gasteiger partial charge in [-0.05, 0) is 55.7 Å². The molecule has 1 aromatic rings. The smallest absolute Gasteiger partial charge is 0.0395 e. The number of benzene rings is 1. The van der Waals surface area contributed by atoms with E-state index < -0.39 is 0 Å². The fraction of sp³-hybridized carbons (Fsp3) is 0.727. The van der Waals surface area contributed by atoms with Crippen molar-refractivity contribution in [1.82, 2.24) is 0 Å². The lowest BCUT2D eigenvalue weighted by Crippen LogP contribution is -2.19. The van der Waals surface area contributed by atoms with Crippen LogP contribution in [-0.4, -0.2) is 12.1 Å². The van der Waals surface area contributed by atoms with Gasteiger partial charge in [-0.25, -0.2) is 0 Å². The van der Waals surface area contributed by atoms with Gasteiger partial charge in [0.1, 0.15) is 0 Å². The number of anilines is 2. The number of rotatable bonds is 8. The Bertz CT molecular complexity index is 468.